The van der Waals surface area contributed by atoms with E-state index in [1.54, 1.807) is 24.3 Å². The van der Waals surface area contributed by atoms with Gasteiger partial charge in [0.25, 0.3) is 0 Å². The maximum atomic E-state index is 10.4. The third-order valence-corrected chi connectivity index (χ3v) is 6.06. The van der Waals surface area contributed by atoms with Crippen LogP contribution in [0.4, 0.5) is 11.5 Å². The Balaban J connectivity index is 0.00000432. The Hall–Kier alpha value is -2.51. The first-order valence-corrected chi connectivity index (χ1v) is 10.9. The van der Waals surface area contributed by atoms with Crippen molar-refractivity contribution in [2.45, 2.75) is 18.3 Å². The number of hydrogen-bond acceptors (Lipinski definition) is 9. The molecular formula is C22H25BrClN3O7. The van der Waals surface area contributed by atoms with Gasteiger partial charge in [-0.3, -0.25) is 0 Å². The van der Waals surface area contributed by atoms with Crippen LogP contribution < -0.4 is 14.8 Å². The third-order valence-electron chi connectivity index (χ3n) is 4.83. The second-order valence-electron chi connectivity index (χ2n) is 7.00. The molecule has 3 atom stereocenters. The Morgan fingerprint density at radius 1 is 1.24 bits per heavy atom. The summed E-state index contributed by atoms with van der Waals surface area (Å²) in [6.45, 7) is -0.546. The van der Waals surface area contributed by atoms with Crippen molar-refractivity contribution in [3.8, 4) is 11.5 Å². The van der Waals surface area contributed by atoms with Crippen LogP contribution in [0.15, 0.2) is 53.3 Å². The number of anilines is 2. The SMILES string of the molecule is O.[2H]C=C(CO)[C@@H](O)[C@H](O)[C@H](CO)Oc1cc2ncnc(Nc3ccc(Br)c(Cl)c3)c2cc1OC. The van der Waals surface area contributed by atoms with Crippen LogP contribution in [0.5, 0.6) is 11.5 Å². The van der Waals surface area contributed by atoms with Crippen LogP contribution in [-0.4, -0.2) is 74.5 Å². The molecular weight excluding hydrogens is 534 g/mol. The fourth-order valence-electron chi connectivity index (χ4n) is 3.02. The summed E-state index contributed by atoms with van der Waals surface area (Å²) in [5.74, 6) is 0.894. The molecule has 3 aromatic rings. The van der Waals surface area contributed by atoms with E-state index in [0.717, 1.165) is 11.0 Å². The molecule has 3 rings (SSSR count). The second kappa shape index (κ2) is 12.3. The molecule has 0 amide bonds. The smallest absolute Gasteiger partial charge is 0.164 e. The fraction of sp³-hybridized carbons (Fsp3) is 0.273. The van der Waals surface area contributed by atoms with Crippen LogP contribution in [-0.2, 0) is 0 Å². The van der Waals surface area contributed by atoms with Gasteiger partial charge in [0.2, 0.25) is 0 Å². The summed E-state index contributed by atoms with van der Waals surface area (Å²) in [6.07, 6.45) is -3.16. The average molecular weight is 560 g/mol. The van der Waals surface area contributed by atoms with Crippen LogP contribution in [0, 0.1) is 0 Å². The topological polar surface area (TPSA) is 169 Å². The molecule has 0 aliphatic rings. The number of aliphatic hydroxyl groups is 4. The van der Waals surface area contributed by atoms with Gasteiger partial charge in [-0.25, -0.2) is 9.97 Å². The molecule has 0 unspecified atom stereocenters. The van der Waals surface area contributed by atoms with Gasteiger partial charge in [0.1, 0.15) is 24.4 Å². The zero-order valence-electron chi connectivity index (χ0n) is 18.9. The van der Waals surface area contributed by atoms with Gasteiger partial charge in [0, 0.05) is 21.6 Å². The summed E-state index contributed by atoms with van der Waals surface area (Å²) in [4.78, 5) is 8.55. The number of halogens is 2. The van der Waals surface area contributed by atoms with Crippen LogP contribution in [0.25, 0.3) is 10.9 Å². The predicted octanol–water partition coefficient (Wildman–Crippen LogP) is 1.98. The van der Waals surface area contributed by atoms with E-state index in [2.05, 4.69) is 31.2 Å². The minimum atomic E-state index is -1.63. The van der Waals surface area contributed by atoms with Crippen molar-refractivity contribution in [2.24, 2.45) is 0 Å². The van der Waals surface area contributed by atoms with Crippen LogP contribution >= 0.6 is 27.5 Å². The Morgan fingerprint density at radius 2 is 2.00 bits per heavy atom. The van der Waals surface area contributed by atoms with E-state index < -0.39 is 31.5 Å². The van der Waals surface area contributed by atoms with E-state index in [4.69, 9.17) is 22.4 Å². The number of aromatic nitrogens is 2. The van der Waals surface area contributed by atoms with Gasteiger partial charge < -0.3 is 40.7 Å². The molecule has 2 aromatic carbocycles. The van der Waals surface area contributed by atoms with Crippen molar-refractivity contribution in [3.63, 3.8) is 0 Å². The second-order valence-corrected chi connectivity index (χ2v) is 8.27. The number of nitrogens with one attached hydrogen (secondary N) is 1. The Labute approximate surface area is 210 Å². The summed E-state index contributed by atoms with van der Waals surface area (Å²) in [7, 11) is 1.42. The molecule has 12 heteroatoms. The molecule has 34 heavy (non-hydrogen) atoms. The van der Waals surface area contributed by atoms with E-state index in [9.17, 15) is 20.4 Å². The fourth-order valence-corrected chi connectivity index (χ4v) is 3.45. The standard InChI is InChI=1S/C22H23BrClN3O6.H2O/c1-11(8-28)20(30)21(31)19(9-29)33-18-7-16-13(6-17(18)32-2)22(26-10-25-16)27-12-3-4-14(23)15(24)5-12;/h3-7,10,19-21,28-31H,1,8-9H2,2H3,(H,25,26,27);1H2/t19-,20+,21+;/m0./s1/i1D;. The lowest BCUT2D eigenvalue weighted by atomic mass is 10.0. The number of aliphatic hydroxyl groups excluding tert-OH is 4. The molecule has 0 aliphatic carbocycles. The molecule has 10 nitrogen and oxygen atoms in total. The largest absolute Gasteiger partial charge is 0.493 e. The van der Waals surface area contributed by atoms with E-state index in [1.165, 1.54) is 13.4 Å². The molecule has 0 saturated carbocycles. The lowest BCUT2D eigenvalue weighted by molar-refractivity contribution is -0.0556. The highest BCUT2D eigenvalue weighted by Gasteiger charge is 2.30. The number of nitrogens with zero attached hydrogens (tertiary/aromatic N) is 2. The van der Waals surface area contributed by atoms with Crippen molar-refractivity contribution in [3.05, 3.63) is 58.3 Å². The lowest BCUT2D eigenvalue weighted by Gasteiger charge is -2.27. The molecule has 184 valence electrons. The molecule has 0 radical (unpaired) electrons. The average Bonchev–Trinajstić information content (AvgIpc) is 2.84. The molecule has 0 fully saturated rings. The van der Waals surface area contributed by atoms with Crippen LogP contribution in [0.1, 0.15) is 1.37 Å². The number of hydrogen-bond donors (Lipinski definition) is 5. The monoisotopic (exact) mass is 558 g/mol. The predicted molar refractivity (Wildman–Crippen MR) is 132 cm³/mol. The molecule has 0 saturated heterocycles. The quantitative estimate of drug-likeness (QED) is 0.233. The highest BCUT2D eigenvalue weighted by Crippen LogP contribution is 2.36. The number of methoxy groups -OCH3 is 1. The summed E-state index contributed by atoms with van der Waals surface area (Å²) < 4.78 is 19.2. The van der Waals surface area contributed by atoms with E-state index in [1.807, 2.05) is 6.07 Å². The summed E-state index contributed by atoms with van der Waals surface area (Å²) in [5, 5.41) is 43.9. The summed E-state index contributed by atoms with van der Waals surface area (Å²) >= 11 is 9.52. The zero-order chi connectivity index (χ0) is 24.8. The lowest BCUT2D eigenvalue weighted by Crippen LogP contribution is -2.44. The van der Waals surface area contributed by atoms with E-state index in [-0.39, 0.29) is 22.5 Å². The van der Waals surface area contributed by atoms with Gasteiger partial charge in [-0.15, -0.1) is 0 Å². The van der Waals surface area contributed by atoms with Gasteiger partial charge >= 0.3 is 0 Å². The van der Waals surface area contributed by atoms with Gasteiger partial charge in [-0.1, -0.05) is 18.2 Å². The van der Waals surface area contributed by atoms with E-state index >= 15 is 0 Å². The number of ether oxygens (including phenoxy) is 2. The summed E-state index contributed by atoms with van der Waals surface area (Å²) in [6, 6.07) is 8.54. The first-order chi connectivity index (χ1) is 16.3. The number of benzene rings is 2. The van der Waals surface area contributed by atoms with Crippen LogP contribution in [0.2, 0.25) is 5.02 Å². The van der Waals surface area contributed by atoms with Crippen LogP contribution in [0.3, 0.4) is 0 Å². The molecule has 0 aliphatic heterocycles. The van der Waals surface area contributed by atoms with Crippen molar-refractivity contribution >= 4 is 49.9 Å². The molecule has 7 N–H and O–H groups in total. The molecule has 1 aromatic heterocycles. The zero-order valence-corrected chi connectivity index (χ0v) is 20.3. The normalized spacial score (nSPS) is 14.6. The Bertz CT molecular complexity index is 1190. The molecule has 0 spiro atoms. The first kappa shape index (κ1) is 26.1. The molecule has 1 heterocycles. The minimum absolute atomic E-state index is 0. The number of rotatable bonds is 10. The summed E-state index contributed by atoms with van der Waals surface area (Å²) in [5.41, 5.74) is 1.05. The van der Waals surface area contributed by atoms with Gasteiger partial charge in [-0.05, 0) is 45.8 Å². The Morgan fingerprint density at radius 3 is 2.62 bits per heavy atom. The number of fused-ring (bicyclic) bond motifs is 1. The first-order valence-electron chi connectivity index (χ1n) is 10.3. The van der Waals surface area contributed by atoms with Crippen molar-refractivity contribution in [1.29, 1.82) is 0 Å². The highest BCUT2D eigenvalue weighted by molar-refractivity contribution is 9.10. The third kappa shape index (κ3) is 6.13. The minimum Gasteiger partial charge on any atom is -0.493 e. The van der Waals surface area contributed by atoms with E-state index in [0.29, 0.717) is 27.4 Å². The maximum Gasteiger partial charge on any atom is 0.164 e. The van der Waals surface area contributed by atoms with Gasteiger partial charge in [-0.2, -0.15) is 0 Å². The Kier molecular flexibility index (Phi) is 9.42. The van der Waals surface area contributed by atoms with Gasteiger partial charge in [0.05, 0.1) is 32.2 Å². The van der Waals surface area contributed by atoms with Crippen molar-refractivity contribution in [1.82, 2.24) is 9.97 Å². The maximum absolute atomic E-state index is 10.4. The highest BCUT2D eigenvalue weighted by atomic mass is 79.9. The van der Waals surface area contributed by atoms with Crippen molar-refractivity contribution in [2.75, 3.05) is 25.6 Å². The molecule has 0 bridgehead atoms. The van der Waals surface area contributed by atoms with Crippen molar-refractivity contribution < 1.29 is 36.7 Å². The van der Waals surface area contributed by atoms with Gasteiger partial charge in [0.15, 0.2) is 17.6 Å².